The maximum atomic E-state index is 12.5. The average Bonchev–Trinajstić information content (AvgIpc) is 2.87. The standard InChI is InChI=1S/C19H23ClN2O4/c1-12-9-16(13(2)22(12)7-4-8-25-3)18(23)11-26-19(24)15-6-5-14(20)10-17(15)21/h5-6,9-10H,4,7-8,11,21H2,1-3H3. The number of esters is 1. The van der Waals surface area contributed by atoms with Crippen LogP contribution in [0.2, 0.25) is 5.02 Å². The summed E-state index contributed by atoms with van der Waals surface area (Å²) in [6.07, 6.45) is 0.853. The summed E-state index contributed by atoms with van der Waals surface area (Å²) in [5.74, 6) is -0.904. The number of anilines is 1. The molecule has 0 aliphatic carbocycles. The predicted molar refractivity (Wildman–Crippen MR) is 101 cm³/mol. The van der Waals surface area contributed by atoms with Crippen LogP contribution in [-0.4, -0.2) is 36.6 Å². The van der Waals surface area contributed by atoms with Gasteiger partial charge in [-0.1, -0.05) is 11.6 Å². The molecule has 0 bridgehead atoms. The van der Waals surface area contributed by atoms with Gasteiger partial charge < -0.3 is 19.8 Å². The molecule has 0 aliphatic heterocycles. The van der Waals surface area contributed by atoms with E-state index in [0.717, 1.165) is 24.4 Å². The normalized spacial score (nSPS) is 10.8. The molecule has 1 heterocycles. The van der Waals surface area contributed by atoms with Gasteiger partial charge in [-0.15, -0.1) is 0 Å². The summed E-state index contributed by atoms with van der Waals surface area (Å²) in [4.78, 5) is 24.6. The van der Waals surface area contributed by atoms with E-state index >= 15 is 0 Å². The molecule has 2 rings (SSSR count). The van der Waals surface area contributed by atoms with Gasteiger partial charge >= 0.3 is 5.97 Å². The van der Waals surface area contributed by atoms with Crippen LogP contribution in [0.4, 0.5) is 5.69 Å². The van der Waals surface area contributed by atoms with E-state index < -0.39 is 5.97 Å². The van der Waals surface area contributed by atoms with E-state index in [4.69, 9.17) is 26.8 Å². The van der Waals surface area contributed by atoms with Gasteiger partial charge in [-0.3, -0.25) is 4.79 Å². The van der Waals surface area contributed by atoms with Crippen molar-refractivity contribution in [1.29, 1.82) is 0 Å². The van der Waals surface area contributed by atoms with Crippen molar-refractivity contribution < 1.29 is 19.1 Å². The molecule has 7 heteroatoms. The van der Waals surface area contributed by atoms with Crippen molar-refractivity contribution in [3.05, 3.63) is 51.8 Å². The Morgan fingerprint density at radius 3 is 2.58 bits per heavy atom. The molecule has 140 valence electrons. The monoisotopic (exact) mass is 378 g/mol. The Morgan fingerprint density at radius 1 is 1.19 bits per heavy atom. The maximum absolute atomic E-state index is 12.5. The molecule has 0 saturated carbocycles. The average molecular weight is 379 g/mol. The number of rotatable bonds is 8. The number of halogens is 1. The fraction of sp³-hybridized carbons (Fsp3) is 0.368. The number of methoxy groups -OCH3 is 1. The molecule has 0 atom stereocenters. The Labute approximate surface area is 157 Å². The van der Waals surface area contributed by atoms with Crippen molar-refractivity contribution in [1.82, 2.24) is 4.57 Å². The fourth-order valence-electron chi connectivity index (χ4n) is 2.80. The molecule has 6 nitrogen and oxygen atoms in total. The van der Waals surface area contributed by atoms with Gasteiger partial charge in [0.2, 0.25) is 5.78 Å². The highest BCUT2D eigenvalue weighted by atomic mass is 35.5. The molecular formula is C19H23ClN2O4. The third-order valence-corrected chi connectivity index (χ3v) is 4.41. The molecule has 1 aromatic heterocycles. The number of carbonyl (C=O) groups is 2. The number of hydrogen-bond donors (Lipinski definition) is 1. The first kappa shape index (κ1) is 20.0. The number of aryl methyl sites for hydroxylation is 1. The van der Waals surface area contributed by atoms with Crippen molar-refractivity contribution in [2.45, 2.75) is 26.8 Å². The first-order chi connectivity index (χ1) is 12.3. The van der Waals surface area contributed by atoms with E-state index in [9.17, 15) is 9.59 Å². The van der Waals surface area contributed by atoms with E-state index in [2.05, 4.69) is 4.57 Å². The number of ether oxygens (including phenoxy) is 2. The second-order valence-corrected chi connectivity index (χ2v) is 6.45. The van der Waals surface area contributed by atoms with Crippen molar-refractivity contribution in [2.24, 2.45) is 0 Å². The van der Waals surface area contributed by atoms with Gasteiger partial charge in [0.05, 0.1) is 5.56 Å². The quantitative estimate of drug-likeness (QED) is 0.329. The molecule has 1 aromatic carbocycles. The molecule has 26 heavy (non-hydrogen) atoms. The summed E-state index contributed by atoms with van der Waals surface area (Å²) in [7, 11) is 1.66. The molecular weight excluding hydrogens is 356 g/mol. The number of aromatic nitrogens is 1. The van der Waals surface area contributed by atoms with Gasteiger partial charge in [0.15, 0.2) is 6.61 Å². The minimum Gasteiger partial charge on any atom is -0.454 e. The maximum Gasteiger partial charge on any atom is 0.340 e. The van der Waals surface area contributed by atoms with Crippen molar-refractivity contribution in [3.63, 3.8) is 0 Å². The molecule has 0 unspecified atom stereocenters. The van der Waals surface area contributed by atoms with Gasteiger partial charge in [0.1, 0.15) is 0 Å². The molecule has 0 radical (unpaired) electrons. The summed E-state index contributed by atoms with van der Waals surface area (Å²) in [6.45, 7) is 4.90. The first-order valence-corrected chi connectivity index (χ1v) is 8.64. The Morgan fingerprint density at radius 2 is 1.92 bits per heavy atom. The third kappa shape index (κ3) is 4.65. The van der Waals surface area contributed by atoms with Gasteiger partial charge in [-0.25, -0.2) is 4.79 Å². The predicted octanol–water partition coefficient (Wildman–Crippen LogP) is 3.42. The van der Waals surface area contributed by atoms with E-state index in [0.29, 0.717) is 17.2 Å². The van der Waals surface area contributed by atoms with Crippen molar-refractivity contribution >= 4 is 29.0 Å². The zero-order valence-electron chi connectivity index (χ0n) is 15.2. The van der Waals surface area contributed by atoms with E-state index in [1.165, 1.54) is 12.1 Å². The topological polar surface area (TPSA) is 83.5 Å². The minimum atomic E-state index is -0.651. The van der Waals surface area contributed by atoms with Gasteiger partial charge in [0, 0.05) is 47.9 Å². The molecule has 0 fully saturated rings. The zero-order valence-corrected chi connectivity index (χ0v) is 15.9. The summed E-state index contributed by atoms with van der Waals surface area (Å²) in [5.41, 5.74) is 8.55. The molecule has 2 N–H and O–H groups in total. The van der Waals surface area contributed by atoms with Crippen molar-refractivity contribution in [3.8, 4) is 0 Å². The Balaban J connectivity index is 2.03. The Bertz CT molecular complexity index is 814. The molecule has 0 spiro atoms. The second kappa shape index (κ2) is 8.87. The smallest absolute Gasteiger partial charge is 0.340 e. The largest absolute Gasteiger partial charge is 0.454 e. The van der Waals surface area contributed by atoms with Crippen LogP contribution in [0.5, 0.6) is 0 Å². The van der Waals surface area contributed by atoms with Crippen LogP contribution in [0.1, 0.15) is 38.5 Å². The fourth-order valence-corrected chi connectivity index (χ4v) is 2.98. The highest BCUT2D eigenvalue weighted by Gasteiger charge is 2.18. The number of Topliss-reactive ketones (excluding diaryl/α,β-unsaturated/α-hetero) is 1. The lowest BCUT2D eigenvalue weighted by atomic mass is 10.1. The van der Waals surface area contributed by atoms with E-state index in [1.54, 1.807) is 13.2 Å². The van der Waals surface area contributed by atoms with Crippen LogP contribution < -0.4 is 5.73 Å². The van der Waals surface area contributed by atoms with Crippen LogP contribution in [-0.2, 0) is 16.0 Å². The highest BCUT2D eigenvalue weighted by Crippen LogP contribution is 2.20. The number of hydrogen-bond acceptors (Lipinski definition) is 5. The Hall–Kier alpha value is -2.31. The number of benzene rings is 1. The molecule has 0 saturated heterocycles. The molecule has 0 amide bonds. The number of ketones is 1. The minimum absolute atomic E-state index is 0.187. The summed E-state index contributed by atoms with van der Waals surface area (Å²) < 4.78 is 12.3. The third-order valence-electron chi connectivity index (χ3n) is 4.17. The van der Waals surface area contributed by atoms with Crippen LogP contribution in [0.3, 0.4) is 0 Å². The van der Waals surface area contributed by atoms with E-state index in [-0.39, 0.29) is 23.6 Å². The first-order valence-electron chi connectivity index (χ1n) is 8.26. The van der Waals surface area contributed by atoms with Crippen LogP contribution in [0, 0.1) is 13.8 Å². The number of nitrogens with zero attached hydrogens (tertiary/aromatic N) is 1. The molecule has 0 aliphatic rings. The SMILES string of the molecule is COCCCn1c(C)cc(C(=O)COC(=O)c2ccc(Cl)cc2N)c1C. The lowest BCUT2D eigenvalue weighted by Gasteiger charge is -2.10. The summed E-state index contributed by atoms with van der Waals surface area (Å²) >= 11 is 5.81. The lowest BCUT2D eigenvalue weighted by Crippen LogP contribution is -2.16. The second-order valence-electron chi connectivity index (χ2n) is 6.01. The summed E-state index contributed by atoms with van der Waals surface area (Å²) in [6, 6.07) is 6.30. The zero-order chi connectivity index (χ0) is 19.3. The number of nitrogens with two attached hydrogens (primary N) is 1. The number of carbonyl (C=O) groups excluding carboxylic acids is 2. The van der Waals surface area contributed by atoms with Crippen LogP contribution in [0.15, 0.2) is 24.3 Å². The molecule has 2 aromatic rings. The van der Waals surface area contributed by atoms with Gasteiger partial charge in [-0.05, 0) is 44.5 Å². The van der Waals surface area contributed by atoms with Crippen LogP contribution >= 0.6 is 11.6 Å². The van der Waals surface area contributed by atoms with E-state index in [1.807, 2.05) is 19.9 Å². The summed E-state index contributed by atoms with van der Waals surface area (Å²) in [5, 5.41) is 0.427. The Kier molecular flexibility index (Phi) is 6.83. The van der Waals surface area contributed by atoms with Crippen molar-refractivity contribution in [2.75, 3.05) is 26.1 Å². The van der Waals surface area contributed by atoms with Gasteiger partial charge in [-0.2, -0.15) is 0 Å². The van der Waals surface area contributed by atoms with Crippen LogP contribution in [0.25, 0.3) is 0 Å². The highest BCUT2D eigenvalue weighted by molar-refractivity contribution is 6.31. The number of nitrogen functional groups attached to an aromatic ring is 1. The van der Waals surface area contributed by atoms with Gasteiger partial charge in [0.25, 0.3) is 0 Å². The lowest BCUT2D eigenvalue weighted by molar-refractivity contribution is 0.0475.